The number of amides is 2. The van der Waals surface area contributed by atoms with Gasteiger partial charge in [-0.2, -0.15) is 0 Å². The Hall–Kier alpha value is -0.810. The quantitative estimate of drug-likeness (QED) is 0.821. The van der Waals surface area contributed by atoms with Gasteiger partial charge in [-0.15, -0.1) is 0 Å². The first-order valence-electron chi connectivity index (χ1n) is 7.07. The van der Waals surface area contributed by atoms with Crippen LogP contribution in [0.3, 0.4) is 0 Å². The third kappa shape index (κ3) is 3.59. The number of rotatable bonds is 3. The Balaban J connectivity index is 1.73. The smallest absolute Gasteiger partial charge is 0.320 e. The van der Waals surface area contributed by atoms with Crippen LogP contribution in [0.25, 0.3) is 0 Å². The number of carbonyl (C=O) groups is 1. The Labute approximate surface area is 109 Å². The number of ether oxygens (including phenoxy) is 1. The lowest BCUT2D eigenvalue weighted by atomic mass is 10.1. The molecule has 0 atom stereocenters. The molecule has 104 valence electrons. The summed E-state index contributed by atoms with van der Waals surface area (Å²) < 4.78 is 5.50. The summed E-state index contributed by atoms with van der Waals surface area (Å²) in [6, 6.07) is 0.204. The summed E-state index contributed by atoms with van der Waals surface area (Å²) in [6.45, 7) is 3.88. The maximum absolute atomic E-state index is 12.2. The van der Waals surface area contributed by atoms with Gasteiger partial charge in [0.25, 0.3) is 0 Å². The van der Waals surface area contributed by atoms with Gasteiger partial charge in [0, 0.05) is 26.2 Å². The SMILES string of the molecule is O=C(N1CCCCC1)N1CCC(OCCO)CC1. The van der Waals surface area contributed by atoms with Gasteiger partial charge in [0.15, 0.2) is 0 Å². The van der Waals surface area contributed by atoms with E-state index in [-0.39, 0.29) is 18.7 Å². The van der Waals surface area contributed by atoms with Crippen LogP contribution in [0.1, 0.15) is 32.1 Å². The molecule has 1 N–H and O–H groups in total. The normalized spacial score (nSPS) is 22.3. The van der Waals surface area contributed by atoms with Crippen LogP contribution in [0.5, 0.6) is 0 Å². The van der Waals surface area contributed by atoms with Crippen molar-refractivity contribution < 1.29 is 14.6 Å². The molecule has 0 bridgehead atoms. The monoisotopic (exact) mass is 256 g/mol. The van der Waals surface area contributed by atoms with E-state index in [1.165, 1.54) is 6.42 Å². The van der Waals surface area contributed by atoms with Crippen molar-refractivity contribution >= 4 is 6.03 Å². The summed E-state index contributed by atoms with van der Waals surface area (Å²) in [6.07, 6.45) is 5.52. The van der Waals surface area contributed by atoms with Gasteiger partial charge in [0.2, 0.25) is 0 Å². The van der Waals surface area contributed by atoms with E-state index in [0.29, 0.717) is 6.61 Å². The van der Waals surface area contributed by atoms with Gasteiger partial charge in [-0.25, -0.2) is 4.79 Å². The minimum Gasteiger partial charge on any atom is -0.394 e. The Morgan fingerprint density at radius 1 is 1.06 bits per heavy atom. The molecule has 5 nitrogen and oxygen atoms in total. The minimum absolute atomic E-state index is 0.0763. The molecular weight excluding hydrogens is 232 g/mol. The average Bonchev–Trinajstić information content (AvgIpc) is 2.46. The van der Waals surface area contributed by atoms with E-state index in [9.17, 15) is 4.79 Å². The molecule has 2 saturated heterocycles. The number of likely N-dealkylation sites (tertiary alicyclic amines) is 2. The largest absolute Gasteiger partial charge is 0.394 e. The van der Waals surface area contributed by atoms with Gasteiger partial charge in [0.1, 0.15) is 0 Å². The molecule has 0 spiro atoms. The molecule has 2 rings (SSSR count). The Morgan fingerprint density at radius 2 is 1.67 bits per heavy atom. The summed E-state index contributed by atoms with van der Waals surface area (Å²) in [4.78, 5) is 16.2. The molecule has 2 heterocycles. The molecule has 18 heavy (non-hydrogen) atoms. The van der Waals surface area contributed by atoms with Crippen molar-refractivity contribution in [1.82, 2.24) is 9.80 Å². The summed E-state index contributed by atoms with van der Waals surface area (Å²) in [7, 11) is 0. The highest BCUT2D eigenvalue weighted by Gasteiger charge is 2.27. The molecule has 0 unspecified atom stereocenters. The molecule has 2 aliphatic rings. The fourth-order valence-electron chi connectivity index (χ4n) is 2.72. The lowest BCUT2D eigenvalue weighted by Crippen LogP contribution is -2.49. The van der Waals surface area contributed by atoms with Crippen molar-refractivity contribution in [3.05, 3.63) is 0 Å². The van der Waals surface area contributed by atoms with Gasteiger partial charge >= 0.3 is 6.03 Å². The van der Waals surface area contributed by atoms with Crippen LogP contribution < -0.4 is 0 Å². The third-order valence-corrected chi connectivity index (χ3v) is 3.78. The third-order valence-electron chi connectivity index (χ3n) is 3.78. The van der Waals surface area contributed by atoms with E-state index >= 15 is 0 Å². The Bertz CT molecular complexity index is 259. The van der Waals surface area contributed by atoms with Crippen LogP contribution in [-0.4, -0.2) is 66.4 Å². The highest BCUT2D eigenvalue weighted by atomic mass is 16.5. The van der Waals surface area contributed by atoms with Crippen molar-refractivity contribution in [3.63, 3.8) is 0 Å². The van der Waals surface area contributed by atoms with Crippen molar-refractivity contribution in [2.75, 3.05) is 39.4 Å². The van der Waals surface area contributed by atoms with Crippen LogP contribution in [-0.2, 0) is 4.74 Å². The average molecular weight is 256 g/mol. The number of hydrogen-bond acceptors (Lipinski definition) is 3. The number of urea groups is 1. The predicted molar refractivity (Wildman–Crippen MR) is 68.5 cm³/mol. The van der Waals surface area contributed by atoms with E-state index in [0.717, 1.165) is 51.9 Å². The predicted octanol–water partition coefficient (Wildman–Crippen LogP) is 1.07. The van der Waals surface area contributed by atoms with Gasteiger partial charge in [-0.05, 0) is 32.1 Å². The fourth-order valence-corrected chi connectivity index (χ4v) is 2.72. The van der Waals surface area contributed by atoms with Crippen molar-refractivity contribution in [1.29, 1.82) is 0 Å². The molecule has 0 saturated carbocycles. The lowest BCUT2D eigenvalue weighted by molar-refractivity contribution is -0.00428. The molecular formula is C13H24N2O3. The van der Waals surface area contributed by atoms with Crippen molar-refractivity contribution in [2.45, 2.75) is 38.2 Å². The Morgan fingerprint density at radius 3 is 2.28 bits per heavy atom. The van der Waals surface area contributed by atoms with Gasteiger partial charge in [-0.1, -0.05) is 0 Å². The molecule has 0 aromatic heterocycles. The summed E-state index contributed by atoms with van der Waals surface area (Å²) in [5, 5.41) is 8.71. The summed E-state index contributed by atoms with van der Waals surface area (Å²) in [5.41, 5.74) is 0. The maximum Gasteiger partial charge on any atom is 0.320 e. The second kappa shape index (κ2) is 6.95. The number of hydrogen-bond donors (Lipinski definition) is 1. The zero-order valence-corrected chi connectivity index (χ0v) is 11.0. The second-order valence-electron chi connectivity index (χ2n) is 5.11. The Kier molecular flexibility index (Phi) is 5.26. The van der Waals surface area contributed by atoms with Crippen LogP contribution in [0.2, 0.25) is 0 Å². The molecule has 2 amide bonds. The topological polar surface area (TPSA) is 53.0 Å². The first-order chi connectivity index (χ1) is 8.81. The molecule has 0 aromatic carbocycles. The first kappa shape index (κ1) is 13.6. The highest BCUT2D eigenvalue weighted by Crippen LogP contribution is 2.17. The van der Waals surface area contributed by atoms with Gasteiger partial charge in [-0.3, -0.25) is 0 Å². The van der Waals surface area contributed by atoms with Crippen molar-refractivity contribution in [3.8, 4) is 0 Å². The molecule has 5 heteroatoms. The van der Waals surface area contributed by atoms with E-state index < -0.39 is 0 Å². The van der Waals surface area contributed by atoms with Gasteiger partial charge in [0.05, 0.1) is 19.3 Å². The van der Waals surface area contributed by atoms with E-state index in [4.69, 9.17) is 9.84 Å². The number of aliphatic hydroxyl groups excluding tert-OH is 1. The van der Waals surface area contributed by atoms with E-state index in [1.807, 2.05) is 9.80 Å². The molecule has 0 aromatic rings. The van der Waals surface area contributed by atoms with E-state index in [2.05, 4.69) is 0 Å². The summed E-state index contributed by atoms with van der Waals surface area (Å²) in [5.74, 6) is 0. The van der Waals surface area contributed by atoms with Crippen LogP contribution in [0.15, 0.2) is 0 Å². The maximum atomic E-state index is 12.2. The lowest BCUT2D eigenvalue weighted by Gasteiger charge is -2.37. The first-order valence-corrected chi connectivity index (χ1v) is 7.07. The second-order valence-corrected chi connectivity index (χ2v) is 5.11. The molecule has 2 aliphatic heterocycles. The highest BCUT2D eigenvalue weighted by molar-refractivity contribution is 5.74. The van der Waals surface area contributed by atoms with Gasteiger partial charge < -0.3 is 19.6 Å². The van der Waals surface area contributed by atoms with Crippen LogP contribution >= 0.6 is 0 Å². The molecule has 2 fully saturated rings. The van der Waals surface area contributed by atoms with Crippen LogP contribution in [0, 0.1) is 0 Å². The number of nitrogens with zero attached hydrogens (tertiary/aromatic N) is 2. The van der Waals surface area contributed by atoms with Crippen molar-refractivity contribution in [2.24, 2.45) is 0 Å². The zero-order chi connectivity index (χ0) is 12.8. The van der Waals surface area contributed by atoms with E-state index in [1.54, 1.807) is 0 Å². The summed E-state index contributed by atoms with van der Waals surface area (Å²) >= 11 is 0. The number of piperidine rings is 2. The fraction of sp³-hybridized carbons (Fsp3) is 0.923. The number of aliphatic hydroxyl groups is 1. The molecule has 0 radical (unpaired) electrons. The zero-order valence-electron chi connectivity index (χ0n) is 11.0. The standard InChI is InChI=1S/C13H24N2O3/c16-10-11-18-12-4-8-15(9-5-12)13(17)14-6-2-1-3-7-14/h12,16H,1-11H2. The van der Waals surface area contributed by atoms with Crippen LogP contribution in [0.4, 0.5) is 4.79 Å². The molecule has 0 aliphatic carbocycles. The minimum atomic E-state index is 0.0763. The number of carbonyl (C=O) groups excluding carboxylic acids is 1.